The van der Waals surface area contributed by atoms with Crippen molar-refractivity contribution in [1.29, 1.82) is 0 Å². The average molecular weight is 488 g/mol. The third-order valence-electron chi connectivity index (χ3n) is 6.11. The Morgan fingerprint density at radius 1 is 1.00 bits per heavy atom. The van der Waals surface area contributed by atoms with Crippen LogP contribution < -0.4 is 29.6 Å². The highest BCUT2D eigenvalue weighted by molar-refractivity contribution is 5.93. The molecule has 0 radical (unpaired) electrons. The van der Waals surface area contributed by atoms with Gasteiger partial charge in [-0.2, -0.15) is 18.3 Å². The minimum Gasteiger partial charge on any atom is -0.454 e. The van der Waals surface area contributed by atoms with Gasteiger partial charge in [0.1, 0.15) is 5.82 Å². The lowest BCUT2D eigenvalue weighted by molar-refractivity contribution is -0.173. The molecule has 35 heavy (non-hydrogen) atoms. The molecular formula is C23H19F3N4O5. The van der Waals surface area contributed by atoms with Crippen molar-refractivity contribution >= 4 is 11.7 Å². The first kappa shape index (κ1) is 21.4. The van der Waals surface area contributed by atoms with Crippen LogP contribution in [-0.2, 0) is 6.54 Å². The Kier molecular flexibility index (Phi) is 4.90. The molecule has 0 unspecified atom stereocenters. The van der Waals surface area contributed by atoms with Gasteiger partial charge in [-0.1, -0.05) is 12.1 Å². The van der Waals surface area contributed by atoms with Crippen LogP contribution in [0.1, 0.15) is 40.1 Å². The Balaban J connectivity index is 1.22. The van der Waals surface area contributed by atoms with E-state index in [0.29, 0.717) is 28.6 Å². The van der Waals surface area contributed by atoms with Gasteiger partial charge in [0.05, 0.1) is 6.04 Å². The van der Waals surface area contributed by atoms with E-state index >= 15 is 0 Å². The molecule has 2 atom stereocenters. The lowest BCUT2D eigenvalue weighted by Crippen LogP contribution is -2.35. The summed E-state index contributed by atoms with van der Waals surface area (Å²) in [4.78, 5) is 12.7. The summed E-state index contributed by atoms with van der Waals surface area (Å²) >= 11 is 0. The van der Waals surface area contributed by atoms with Crippen molar-refractivity contribution < 1.29 is 36.9 Å². The second-order valence-corrected chi connectivity index (χ2v) is 8.33. The van der Waals surface area contributed by atoms with Gasteiger partial charge in [-0.25, -0.2) is 4.68 Å². The molecule has 0 saturated heterocycles. The van der Waals surface area contributed by atoms with Gasteiger partial charge >= 0.3 is 6.18 Å². The number of anilines is 1. The number of nitrogens with zero attached hydrogens (tertiary/aromatic N) is 2. The monoisotopic (exact) mass is 488 g/mol. The van der Waals surface area contributed by atoms with Gasteiger partial charge in [0.2, 0.25) is 13.6 Å². The Hall–Kier alpha value is -4.09. The van der Waals surface area contributed by atoms with Crippen LogP contribution in [0.15, 0.2) is 42.5 Å². The summed E-state index contributed by atoms with van der Waals surface area (Å²) in [5.74, 6) is 1.73. The maximum absolute atomic E-state index is 14.0. The number of halogens is 3. The fraction of sp³-hybridized carbons (Fsp3) is 0.304. The number of hydrogen-bond donors (Lipinski definition) is 2. The highest BCUT2D eigenvalue weighted by Gasteiger charge is 2.47. The molecule has 0 saturated carbocycles. The van der Waals surface area contributed by atoms with Crippen LogP contribution in [0.25, 0.3) is 0 Å². The van der Waals surface area contributed by atoms with Crippen molar-refractivity contribution in [3.8, 4) is 23.0 Å². The number of nitrogens with one attached hydrogen (secondary N) is 2. The van der Waals surface area contributed by atoms with Gasteiger partial charge in [-0.15, -0.1) is 0 Å². The van der Waals surface area contributed by atoms with Crippen molar-refractivity contribution in [1.82, 2.24) is 15.1 Å². The van der Waals surface area contributed by atoms with Gasteiger partial charge in [-0.3, -0.25) is 4.79 Å². The number of hydrogen-bond acceptors (Lipinski definition) is 7. The van der Waals surface area contributed by atoms with Gasteiger partial charge in [0.15, 0.2) is 34.7 Å². The molecule has 6 rings (SSSR count). The van der Waals surface area contributed by atoms with Crippen LogP contribution in [0.2, 0.25) is 0 Å². The number of rotatable bonds is 4. The quantitative estimate of drug-likeness (QED) is 0.575. The van der Waals surface area contributed by atoms with E-state index in [2.05, 4.69) is 15.7 Å². The van der Waals surface area contributed by atoms with E-state index in [1.807, 2.05) is 0 Å². The summed E-state index contributed by atoms with van der Waals surface area (Å²) in [6.45, 7) is 0.346. The summed E-state index contributed by atoms with van der Waals surface area (Å²) in [5.41, 5.74) is 1.25. The molecule has 3 aliphatic heterocycles. The minimum atomic E-state index is -4.56. The first-order valence-electron chi connectivity index (χ1n) is 10.8. The molecule has 1 amide bonds. The Morgan fingerprint density at radius 2 is 1.69 bits per heavy atom. The number of aromatic nitrogens is 2. The lowest BCUT2D eigenvalue weighted by Gasteiger charge is -2.33. The van der Waals surface area contributed by atoms with E-state index in [-0.39, 0.29) is 38.1 Å². The molecule has 3 aromatic rings. The first-order valence-corrected chi connectivity index (χ1v) is 10.8. The SMILES string of the molecule is O=C(NCc1ccc2c(c1)OCO2)c1cc2n(n1)[C@@H](C(F)(F)F)C[C@@H](c1ccc3c(c1)OCO3)N2. The second-order valence-electron chi connectivity index (χ2n) is 8.33. The highest BCUT2D eigenvalue weighted by atomic mass is 19.4. The molecule has 4 heterocycles. The summed E-state index contributed by atoms with van der Waals surface area (Å²) in [6, 6.07) is 9.03. The normalized spacial score (nSPS) is 19.7. The van der Waals surface area contributed by atoms with Crippen molar-refractivity contribution in [2.24, 2.45) is 0 Å². The molecule has 12 heteroatoms. The molecule has 3 aliphatic rings. The number of carbonyl (C=O) groups excluding carboxylic acids is 1. The molecule has 1 aromatic heterocycles. The predicted octanol–water partition coefficient (Wildman–Crippen LogP) is 3.93. The maximum atomic E-state index is 14.0. The predicted molar refractivity (Wildman–Crippen MR) is 115 cm³/mol. The van der Waals surface area contributed by atoms with E-state index in [9.17, 15) is 18.0 Å². The minimum absolute atomic E-state index is 0.0690. The Labute approximate surface area is 196 Å². The van der Waals surface area contributed by atoms with E-state index in [1.165, 1.54) is 6.07 Å². The average Bonchev–Trinajstić information content (AvgIpc) is 3.59. The standard InChI is InChI=1S/C23H19F3N4O5/c24-23(25,26)20-7-14(13-2-4-17-19(6-13)35-11-33-17)28-21-8-15(29-30(20)21)22(31)27-9-12-1-3-16-18(5-12)34-10-32-16/h1-6,8,14,20,28H,7,9-11H2,(H,27,31)/t14-,20+/m0/s1. The van der Waals surface area contributed by atoms with Crippen LogP contribution in [0.5, 0.6) is 23.0 Å². The van der Waals surface area contributed by atoms with Crippen molar-refractivity contribution in [2.45, 2.75) is 31.2 Å². The number of ether oxygens (including phenoxy) is 4. The van der Waals surface area contributed by atoms with Gasteiger partial charge in [-0.05, 0) is 35.4 Å². The van der Waals surface area contributed by atoms with Crippen molar-refractivity contribution in [3.05, 3.63) is 59.3 Å². The zero-order valence-corrected chi connectivity index (χ0v) is 18.1. The number of carbonyl (C=O) groups is 1. The van der Waals surface area contributed by atoms with E-state index in [4.69, 9.17) is 18.9 Å². The largest absolute Gasteiger partial charge is 0.454 e. The molecule has 0 spiro atoms. The second kappa shape index (κ2) is 8.00. The third kappa shape index (κ3) is 3.94. The number of alkyl halides is 3. The van der Waals surface area contributed by atoms with Crippen molar-refractivity contribution in [2.75, 3.05) is 18.9 Å². The third-order valence-corrected chi connectivity index (χ3v) is 6.11. The topological polar surface area (TPSA) is 95.9 Å². The summed E-state index contributed by atoms with van der Waals surface area (Å²) in [6.07, 6.45) is -4.85. The molecule has 0 bridgehead atoms. The number of fused-ring (bicyclic) bond motifs is 3. The molecule has 182 valence electrons. The number of amides is 1. The zero-order valence-electron chi connectivity index (χ0n) is 18.1. The summed E-state index contributed by atoms with van der Waals surface area (Å²) in [7, 11) is 0. The smallest absolute Gasteiger partial charge is 0.410 e. The first-order chi connectivity index (χ1) is 16.8. The van der Waals surface area contributed by atoms with Gasteiger partial charge < -0.3 is 29.6 Å². The van der Waals surface area contributed by atoms with Crippen LogP contribution in [0.3, 0.4) is 0 Å². The van der Waals surface area contributed by atoms with Gasteiger partial charge in [0.25, 0.3) is 5.91 Å². The van der Waals surface area contributed by atoms with Crippen molar-refractivity contribution in [3.63, 3.8) is 0 Å². The fourth-order valence-corrected chi connectivity index (χ4v) is 4.36. The molecule has 2 aromatic carbocycles. The van der Waals surface area contributed by atoms with E-state index in [1.54, 1.807) is 36.4 Å². The molecule has 2 N–H and O–H groups in total. The van der Waals surface area contributed by atoms with Crippen LogP contribution >= 0.6 is 0 Å². The van der Waals surface area contributed by atoms with Gasteiger partial charge in [0, 0.05) is 19.0 Å². The van der Waals surface area contributed by atoms with E-state index in [0.717, 1.165) is 10.2 Å². The van der Waals surface area contributed by atoms with Crippen LogP contribution in [0, 0.1) is 0 Å². The summed E-state index contributed by atoms with van der Waals surface area (Å²) in [5, 5.41) is 9.75. The van der Waals surface area contributed by atoms with Crippen LogP contribution in [0.4, 0.5) is 19.0 Å². The number of benzene rings is 2. The fourth-order valence-electron chi connectivity index (χ4n) is 4.36. The Morgan fingerprint density at radius 3 is 2.43 bits per heavy atom. The molecule has 0 fully saturated rings. The zero-order chi connectivity index (χ0) is 24.2. The molecular weight excluding hydrogens is 469 g/mol. The lowest BCUT2D eigenvalue weighted by atomic mass is 9.96. The maximum Gasteiger partial charge on any atom is 0.410 e. The summed E-state index contributed by atoms with van der Waals surface area (Å²) < 4.78 is 63.9. The Bertz CT molecular complexity index is 1310. The van der Waals surface area contributed by atoms with Crippen LogP contribution in [-0.4, -0.2) is 35.4 Å². The van der Waals surface area contributed by atoms with E-state index < -0.39 is 24.2 Å². The highest BCUT2D eigenvalue weighted by Crippen LogP contribution is 2.45. The molecule has 0 aliphatic carbocycles. The molecule has 9 nitrogen and oxygen atoms in total.